The number of benzene rings is 1. The summed E-state index contributed by atoms with van der Waals surface area (Å²) in [6.45, 7) is 2.92. The summed E-state index contributed by atoms with van der Waals surface area (Å²) in [5, 5.41) is 38.6. The molecule has 2 rings (SSSR count). The Balaban J connectivity index is 3.01. The van der Waals surface area contributed by atoms with Crippen molar-refractivity contribution in [2.75, 3.05) is 0 Å². The van der Waals surface area contributed by atoms with Crippen LogP contribution >= 0.6 is 0 Å². The Kier molecular flexibility index (Phi) is 2.32. The first kappa shape index (κ1) is 12.0. The van der Waals surface area contributed by atoms with E-state index in [2.05, 4.69) is 0 Å². The minimum absolute atomic E-state index is 0.224. The lowest BCUT2D eigenvalue weighted by molar-refractivity contribution is -0.114. The molecule has 0 saturated heterocycles. The van der Waals surface area contributed by atoms with Crippen molar-refractivity contribution in [1.29, 1.82) is 0 Å². The smallest absolute Gasteiger partial charge is 0.271 e. The number of carbonyl (C=O) groups excluding carboxylic acids is 2. The highest BCUT2D eigenvalue weighted by Crippen LogP contribution is 2.42. The van der Waals surface area contributed by atoms with Crippen LogP contribution in [0.5, 0.6) is 11.5 Å². The Hall–Kier alpha value is -2.50. The molecule has 0 amide bonds. The molecule has 0 atom stereocenters. The number of phenols is 2. The maximum atomic E-state index is 11.7. The van der Waals surface area contributed by atoms with E-state index >= 15 is 0 Å². The summed E-state index contributed by atoms with van der Waals surface area (Å²) in [5.41, 5.74) is -0.442. The van der Waals surface area contributed by atoms with Gasteiger partial charge in [-0.3, -0.25) is 9.59 Å². The molecule has 0 fully saturated rings. The zero-order valence-electron chi connectivity index (χ0n) is 9.61. The summed E-state index contributed by atoms with van der Waals surface area (Å²) in [7, 11) is 0. The molecule has 18 heavy (non-hydrogen) atoms. The molecule has 0 radical (unpaired) electrons. The van der Waals surface area contributed by atoms with Gasteiger partial charge in [0.05, 0.1) is 11.1 Å². The van der Waals surface area contributed by atoms with Gasteiger partial charge in [-0.2, -0.15) is 0 Å². The van der Waals surface area contributed by atoms with Crippen LogP contribution in [-0.4, -0.2) is 32.0 Å². The van der Waals surface area contributed by atoms with Gasteiger partial charge in [-0.25, -0.2) is 0 Å². The predicted molar refractivity (Wildman–Crippen MR) is 60.8 cm³/mol. The van der Waals surface area contributed by atoms with Crippen molar-refractivity contribution in [3.05, 3.63) is 28.0 Å². The third kappa shape index (κ3) is 1.22. The number of aliphatic hydroxyl groups excluding tert-OH is 2. The third-order valence-electron chi connectivity index (χ3n) is 3.11. The van der Waals surface area contributed by atoms with Crippen LogP contribution < -0.4 is 0 Å². The van der Waals surface area contributed by atoms with Gasteiger partial charge in [0.15, 0.2) is 5.76 Å². The van der Waals surface area contributed by atoms with E-state index in [1.807, 2.05) is 0 Å². The van der Waals surface area contributed by atoms with Gasteiger partial charge < -0.3 is 20.4 Å². The van der Waals surface area contributed by atoms with Crippen LogP contribution in [0.25, 0.3) is 5.76 Å². The highest BCUT2D eigenvalue weighted by atomic mass is 16.3. The fourth-order valence-electron chi connectivity index (χ4n) is 1.87. The molecular weight excluding hydrogens is 240 g/mol. The first-order valence-corrected chi connectivity index (χ1v) is 5.05. The first-order chi connectivity index (χ1) is 8.29. The zero-order chi connectivity index (χ0) is 13.8. The lowest BCUT2D eigenvalue weighted by Gasteiger charge is -2.20. The number of aliphatic hydroxyl groups is 2. The summed E-state index contributed by atoms with van der Waals surface area (Å²) in [6, 6.07) is 0. The second-order valence-electron chi connectivity index (χ2n) is 4.05. The number of Topliss-reactive ketones (excluding diaryl/α,β-unsaturated/α-hetero) is 2. The summed E-state index contributed by atoms with van der Waals surface area (Å²) < 4.78 is 0. The topological polar surface area (TPSA) is 115 Å². The number of aromatic hydroxyl groups is 2. The number of allylic oxidation sites excluding steroid dienone is 1. The molecule has 0 saturated carbocycles. The Morgan fingerprint density at radius 3 is 1.61 bits per heavy atom. The molecule has 0 heterocycles. The molecule has 1 aliphatic rings. The fourth-order valence-corrected chi connectivity index (χ4v) is 1.87. The normalized spacial score (nSPS) is 15.0. The molecule has 4 N–H and O–H groups in total. The maximum Gasteiger partial charge on any atom is 0.271 e. The van der Waals surface area contributed by atoms with E-state index in [0.29, 0.717) is 0 Å². The van der Waals surface area contributed by atoms with E-state index in [1.165, 1.54) is 13.8 Å². The van der Waals surface area contributed by atoms with E-state index in [0.717, 1.165) is 0 Å². The zero-order valence-corrected chi connectivity index (χ0v) is 9.61. The molecule has 0 aliphatic heterocycles. The SMILES string of the molecule is Cc1c(C)c(O)c2c(c1O)C(=O)C(=O)C(O)=C2O. The van der Waals surface area contributed by atoms with Crippen LogP contribution in [0.2, 0.25) is 0 Å². The van der Waals surface area contributed by atoms with Gasteiger partial charge in [0.1, 0.15) is 11.5 Å². The van der Waals surface area contributed by atoms with Crippen LogP contribution in [-0.2, 0) is 4.79 Å². The van der Waals surface area contributed by atoms with Crippen LogP contribution in [0.3, 0.4) is 0 Å². The molecule has 1 aromatic carbocycles. The largest absolute Gasteiger partial charge is 0.507 e. The quantitative estimate of drug-likeness (QED) is 0.407. The highest BCUT2D eigenvalue weighted by molar-refractivity contribution is 6.52. The number of ketones is 2. The van der Waals surface area contributed by atoms with Crippen molar-refractivity contribution < 1.29 is 30.0 Å². The van der Waals surface area contributed by atoms with Gasteiger partial charge >= 0.3 is 0 Å². The average Bonchev–Trinajstić information content (AvgIpc) is 2.35. The van der Waals surface area contributed by atoms with E-state index in [4.69, 9.17) is 0 Å². The number of hydrogen-bond donors (Lipinski definition) is 4. The van der Waals surface area contributed by atoms with E-state index in [9.17, 15) is 30.0 Å². The lowest BCUT2D eigenvalue weighted by atomic mass is 9.87. The summed E-state index contributed by atoms with van der Waals surface area (Å²) in [5.74, 6) is -5.48. The van der Waals surface area contributed by atoms with Gasteiger partial charge in [-0.15, -0.1) is 0 Å². The molecule has 1 aromatic rings. The molecule has 0 bridgehead atoms. The van der Waals surface area contributed by atoms with Crippen LogP contribution in [0.4, 0.5) is 0 Å². The molecule has 0 spiro atoms. The molecule has 6 heteroatoms. The number of hydrogen-bond acceptors (Lipinski definition) is 6. The molecular formula is C12H10O6. The second kappa shape index (κ2) is 3.49. The molecule has 1 aliphatic carbocycles. The molecule has 0 unspecified atom stereocenters. The lowest BCUT2D eigenvalue weighted by Crippen LogP contribution is -2.24. The standard InChI is InChI=1S/C12H10O6/c1-3-4(2)8(14)6-5(7(3)13)9(15)11(17)12(18)10(6)16/h13-15,17H,1-2H3. The predicted octanol–water partition coefficient (Wildman–Crippen LogP) is 1.26. The van der Waals surface area contributed by atoms with Crippen molar-refractivity contribution in [2.24, 2.45) is 0 Å². The van der Waals surface area contributed by atoms with E-state index in [1.54, 1.807) is 0 Å². The van der Waals surface area contributed by atoms with E-state index in [-0.39, 0.29) is 11.1 Å². The van der Waals surface area contributed by atoms with Crippen molar-refractivity contribution in [1.82, 2.24) is 0 Å². The van der Waals surface area contributed by atoms with Gasteiger partial charge in [0, 0.05) is 0 Å². The monoisotopic (exact) mass is 250 g/mol. The van der Waals surface area contributed by atoms with Gasteiger partial charge in [0.25, 0.3) is 5.78 Å². The third-order valence-corrected chi connectivity index (χ3v) is 3.11. The van der Waals surface area contributed by atoms with Gasteiger partial charge in [-0.1, -0.05) is 0 Å². The van der Waals surface area contributed by atoms with Crippen LogP contribution in [0, 0.1) is 13.8 Å². The summed E-state index contributed by atoms with van der Waals surface area (Å²) in [4.78, 5) is 23.0. The van der Waals surface area contributed by atoms with E-state index < -0.39 is 45.7 Å². The second-order valence-corrected chi connectivity index (χ2v) is 4.05. The minimum Gasteiger partial charge on any atom is -0.507 e. The van der Waals surface area contributed by atoms with Crippen LogP contribution in [0.15, 0.2) is 5.76 Å². The van der Waals surface area contributed by atoms with Crippen molar-refractivity contribution in [2.45, 2.75) is 13.8 Å². The Morgan fingerprint density at radius 2 is 1.11 bits per heavy atom. The fraction of sp³-hybridized carbons (Fsp3) is 0.167. The van der Waals surface area contributed by atoms with Gasteiger partial charge in [-0.05, 0) is 25.0 Å². The summed E-state index contributed by atoms with van der Waals surface area (Å²) in [6.07, 6.45) is 0. The minimum atomic E-state index is -1.32. The van der Waals surface area contributed by atoms with Gasteiger partial charge in [0.2, 0.25) is 11.5 Å². The molecule has 94 valence electrons. The number of phenolic OH excluding ortho intramolecular Hbond substituents is 2. The van der Waals surface area contributed by atoms with Crippen molar-refractivity contribution >= 4 is 17.3 Å². The molecule has 6 nitrogen and oxygen atoms in total. The number of carbonyl (C=O) groups is 2. The van der Waals surface area contributed by atoms with Crippen LogP contribution in [0.1, 0.15) is 27.0 Å². The maximum absolute atomic E-state index is 11.7. The highest BCUT2D eigenvalue weighted by Gasteiger charge is 2.38. The Morgan fingerprint density at radius 1 is 0.667 bits per heavy atom. The first-order valence-electron chi connectivity index (χ1n) is 5.05. The van der Waals surface area contributed by atoms with Crippen molar-refractivity contribution in [3.63, 3.8) is 0 Å². The number of fused-ring (bicyclic) bond motifs is 1. The van der Waals surface area contributed by atoms with Crippen molar-refractivity contribution in [3.8, 4) is 11.5 Å². The molecule has 0 aromatic heterocycles. The summed E-state index contributed by atoms with van der Waals surface area (Å²) >= 11 is 0. The number of rotatable bonds is 0. The Labute approximate surface area is 101 Å². The Bertz CT molecular complexity index is 639. The average molecular weight is 250 g/mol.